The van der Waals surface area contributed by atoms with E-state index in [-0.39, 0.29) is 5.91 Å². The number of nitrogens with zero attached hydrogens (tertiary/aromatic N) is 4. The average Bonchev–Trinajstić information content (AvgIpc) is 3.29. The van der Waals surface area contributed by atoms with Gasteiger partial charge < -0.3 is 9.42 Å². The molecule has 1 saturated heterocycles. The summed E-state index contributed by atoms with van der Waals surface area (Å²) in [5, 5.41) is 4.71. The predicted molar refractivity (Wildman–Crippen MR) is 86.3 cm³/mol. The van der Waals surface area contributed by atoms with E-state index >= 15 is 0 Å². The molecule has 2 aromatic rings. The number of amides is 1. The number of pyridine rings is 1. The second-order valence-electron chi connectivity index (χ2n) is 6.80. The van der Waals surface area contributed by atoms with Crippen molar-refractivity contribution in [2.45, 2.75) is 26.7 Å². The highest BCUT2D eigenvalue weighted by atomic mass is 16.5. The summed E-state index contributed by atoms with van der Waals surface area (Å²) in [6.07, 6.45) is 2.75. The lowest BCUT2D eigenvalue weighted by Crippen LogP contribution is -2.49. The average molecular weight is 314 g/mol. The maximum Gasteiger partial charge on any atom is 0.258 e. The van der Waals surface area contributed by atoms with Crippen LogP contribution in [-0.4, -0.2) is 58.6 Å². The number of hydrogen-bond donors (Lipinski definition) is 0. The van der Waals surface area contributed by atoms with Crippen molar-refractivity contribution in [2.24, 2.45) is 5.92 Å². The van der Waals surface area contributed by atoms with Crippen molar-refractivity contribution in [3.63, 3.8) is 0 Å². The predicted octanol–water partition coefficient (Wildman–Crippen LogP) is 2.01. The molecule has 122 valence electrons. The normalized spacial score (nSPS) is 19.5. The fourth-order valence-corrected chi connectivity index (χ4v) is 3.36. The zero-order valence-corrected chi connectivity index (χ0v) is 13.7. The van der Waals surface area contributed by atoms with E-state index in [4.69, 9.17) is 4.52 Å². The smallest absolute Gasteiger partial charge is 0.258 e. The van der Waals surface area contributed by atoms with E-state index in [1.807, 2.05) is 24.8 Å². The van der Waals surface area contributed by atoms with Gasteiger partial charge in [-0.15, -0.1) is 0 Å². The molecule has 0 spiro atoms. The Bertz CT molecular complexity index is 742. The fraction of sp³-hybridized carbons (Fsp3) is 0.588. The number of aryl methyl sites for hydroxylation is 2. The molecule has 2 fully saturated rings. The van der Waals surface area contributed by atoms with Crippen LogP contribution in [0.3, 0.4) is 0 Å². The third-order valence-electron chi connectivity index (χ3n) is 4.85. The summed E-state index contributed by atoms with van der Waals surface area (Å²) in [7, 11) is 0. The molecule has 2 aromatic heterocycles. The van der Waals surface area contributed by atoms with Crippen molar-refractivity contribution in [1.29, 1.82) is 0 Å². The zero-order chi connectivity index (χ0) is 16.0. The first-order chi connectivity index (χ1) is 11.1. The highest BCUT2D eigenvalue weighted by Gasteiger charge is 2.29. The van der Waals surface area contributed by atoms with Gasteiger partial charge in [0.2, 0.25) is 0 Å². The second kappa shape index (κ2) is 5.60. The molecule has 0 aromatic carbocycles. The van der Waals surface area contributed by atoms with Gasteiger partial charge in [-0.25, -0.2) is 4.98 Å². The van der Waals surface area contributed by atoms with E-state index in [0.29, 0.717) is 11.3 Å². The topological polar surface area (TPSA) is 62.5 Å². The van der Waals surface area contributed by atoms with Gasteiger partial charge in [-0.05, 0) is 38.7 Å². The maximum atomic E-state index is 13.0. The van der Waals surface area contributed by atoms with Crippen molar-refractivity contribution >= 4 is 17.0 Å². The van der Waals surface area contributed by atoms with Crippen LogP contribution in [0.5, 0.6) is 0 Å². The molecule has 6 nitrogen and oxygen atoms in total. The zero-order valence-electron chi connectivity index (χ0n) is 13.7. The number of rotatable bonds is 3. The molecule has 23 heavy (non-hydrogen) atoms. The van der Waals surface area contributed by atoms with Crippen molar-refractivity contribution < 1.29 is 9.32 Å². The molecular formula is C17H22N4O2. The summed E-state index contributed by atoms with van der Waals surface area (Å²) in [5.74, 6) is 0.970. The fourth-order valence-electron chi connectivity index (χ4n) is 3.36. The van der Waals surface area contributed by atoms with E-state index in [1.165, 1.54) is 19.4 Å². The Labute approximate surface area is 135 Å². The molecule has 0 radical (unpaired) electrons. The van der Waals surface area contributed by atoms with Gasteiger partial charge in [0.05, 0.1) is 16.6 Å². The van der Waals surface area contributed by atoms with Gasteiger partial charge in [0.15, 0.2) is 0 Å². The highest BCUT2D eigenvalue weighted by Crippen LogP contribution is 2.30. The van der Waals surface area contributed by atoms with E-state index in [9.17, 15) is 4.79 Å². The minimum absolute atomic E-state index is 0.0675. The van der Waals surface area contributed by atoms with Gasteiger partial charge in [-0.3, -0.25) is 9.69 Å². The van der Waals surface area contributed by atoms with Crippen LogP contribution in [0, 0.1) is 19.8 Å². The number of fused-ring (bicyclic) bond motifs is 1. The molecular weight excluding hydrogens is 292 g/mol. The molecule has 0 N–H and O–H groups in total. The molecule has 1 aliphatic heterocycles. The summed E-state index contributed by atoms with van der Waals surface area (Å²) in [6.45, 7) is 8.45. The minimum atomic E-state index is 0.0675. The third-order valence-corrected chi connectivity index (χ3v) is 4.85. The van der Waals surface area contributed by atoms with E-state index in [0.717, 1.165) is 48.9 Å². The number of hydrogen-bond acceptors (Lipinski definition) is 5. The SMILES string of the molecule is Cc1cc(C(=O)N2CCN(CC3CC3)CC2)c2c(C)noc2n1. The van der Waals surface area contributed by atoms with Crippen LogP contribution in [0.1, 0.15) is 34.6 Å². The van der Waals surface area contributed by atoms with Crippen molar-refractivity contribution in [3.8, 4) is 0 Å². The summed E-state index contributed by atoms with van der Waals surface area (Å²) >= 11 is 0. The first-order valence-corrected chi connectivity index (χ1v) is 8.37. The van der Waals surface area contributed by atoms with Crippen LogP contribution in [0.15, 0.2) is 10.6 Å². The molecule has 0 atom stereocenters. The number of aromatic nitrogens is 2. The first-order valence-electron chi connectivity index (χ1n) is 8.37. The Balaban J connectivity index is 1.54. The van der Waals surface area contributed by atoms with Gasteiger partial charge >= 0.3 is 0 Å². The Kier molecular flexibility index (Phi) is 3.56. The van der Waals surface area contributed by atoms with Crippen LogP contribution in [-0.2, 0) is 0 Å². The van der Waals surface area contributed by atoms with Gasteiger partial charge in [-0.1, -0.05) is 5.16 Å². The molecule has 1 aliphatic carbocycles. The van der Waals surface area contributed by atoms with Crippen molar-refractivity contribution in [1.82, 2.24) is 19.9 Å². The summed E-state index contributed by atoms with van der Waals surface area (Å²) in [5.41, 5.74) is 2.63. The molecule has 4 rings (SSSR count). The Morgan fingerprint density at radius 3 is 2.70 bits per heavy atom. The molecule has 0 unspecified atom stereocenters. The lowest BCUT2D eigenvalue weighted by atomic mass is 10.1. The number of piperazine rings is 1. The molecule has 2 aliphatic rings. The van der Waals surface area contributed by atoms with E-state index in [2.05, 4.69) is 15.0 Å². The van der Waals surface area contributed by atoms with Crippen LogP contribution in [0.2, 0.25) is 0 Å². The van der Waals surface area contributed by atoms with Crippen molar-refractivity contribution in [3.05, 3.63) is 23.0 Å². The summed E-state index contributed by atoms with van der Waals surface area (Å²) < 4.78 is 5.24. The monoisotopic (exact) mass is 314 g/mol. The van der Waals surface area contributed by atoms with Crippen LogP contribution < -0.4 is 0 Å². The van der Waals surface area contributed by atoms with Crippen LogP contribution in [0.4, 0.5) is 0 Å². The number of carbonyl (C=O) groups excluding carboxylic acids is 1. The maximum absolute atomic E-state index is 13.0. The lowest BCUT2D eigenvalue weighted by molar-refractivity contribution is 0.0633. The third kappa shape index (κ3) is 2.83. The summed E-state index contributed by atoms with van der Waals surface area (Å²) in [4.78, 5) is 21.7. The van der Waals surface area contributed by atoms with Gasteiger partial charge in [0.1, 0.15) is 0 Å². The molecule has 0 bridgehead atoms. The van der Waals surface area contributed by atoms with E-state index in [1.54, 1.807) is 0 Å². The summed E-state index contributed by atoms with van der Waals surface area (Å²) in [6, 6.07) is 1.85. The molecule has 3 heterocycles. The van der Waals surface area contributed by atoms with Gasteiger partial charge in [0, 0.05) is 38.4 Å². The molecule has 1 saturated carbocycles. The van der Waals surface area contributed by atoms with Crippen LogP contribution >= 0.6 is 0 Å². The van der Waals surface area contributed by atoms with Gasteiger partial charge in [-0.2, -0.15) is 0 Å². The Hall–Kier alpha value is -1.95. The Morgan fingerprint density at radius 1 is 1.26 bits per heavy atom. The molecule has 6 heteroatoms. The van der Waals surface area contributed by atoms with Gasteiger partial charge in [0.25, 0.3) is 11.6 Å². The largest absolute Gasteiger partial charge is 0.336 e. The number of carbonyl (C=O) groups is 1. The standard InChI is InChI=1S/C17H22N4O2/c1-11-9-14(15-12(2)19-23-16(15)18-11)17(22)21-7-5-20(6-8-21)10-13-3-4-13/h9,13H,3-8,10H2,1-2H3. The molecule has 1 amide bonds. The quantitative estimate of drug-likeness (QED) is 0.867. The van der Waals surface area contributed by atoms with Crippen molar-refractivity contribution in [2.75, 3.05) is 32.7 Å². The second-order valence-corrected chi connectivity index (χ2v) is 6.80. The van der Waals surface area contributed by atoms with Crippen LogP contribution in [0.25, 0.3) is 11.1 Å². The first kappa shape index (κ1) is 14.6. The Morgan fingerprint density at radius 2 is 2.00 bits per heavy atom. The highest BCUT2D eigenvalue weighted by molar-refractivity contribution is 6.06. The van der Waals surface area contributed by atoms with E-state index < -0.39 is 0 Å². The lowest BCUT2D eigenvalue weighted by Gasteiger charge is -2.35. The minimum Gasteiger partial charge on any atom is -0.336 e.